The highest BCUT2D eigenvalue weighted by molar-refractivity contribution is 7.99. The van der Waals surface area contributed by atoms with Gasteiger partial charge in [0.1, 0.15) is 16.7 Å². The summed E-state index contributed by atoms with van der Waals surface area (Å²) < 4.78 is 27.6. The second kappa shape index (κ2) is 7.41. The molecule has 2 aromatic rings. The van der Waals surface area contributed by atoms with Crippen LogP contribution in [-0.4, -0.2) is 40.0 Å². The topological polar surface area (TPSA) is 120 Å². The molecule has 1 spiro atoms. The zero-order chi connectivity index (χ0) is 20.8. The number of nitrogens with zero attached hydrogens (tertiary/aromatic N) is 4. The van der Waals surface area contributed by atoms with Gasteiger partial charge in [-0.05, 0) is 24.3 Å². The zero-order valence-corrected chi connectivity index (χ0v) is 17.2. The quantitative estimate of drug-likeness (QED) is 0.664. The number of rotatable bonds is 3. The zero-order valence-electron chi connectivity index (χ0n) is 15.6. The molecule has 7 nitrogen and oxygen atoms in total. The molecule has 1 atom stereocenters. The van der Waals surface area contributed by atoms with Crippen molar-refractivity contribution in [2.75, 3.05) is 29.5 Å². The minimum Gasteiger partial charge on any atom is -0.382 e. The van der Waals surface area contributed by atoms with Crippen LogP contribution >= 0.6 is 23.4 Å². The maximum Gasteiger partial charge on any atom is 0.250 e. The number of piperidine rings is 1. The lowest BCUT2D eigenvalue weighted by Crippen LogP contribution is -2.47. The van der Waals surface area contributed by atoms with Crippen molar-refractivity contribution in [3.63, 3.8) is 0 Å². The molecule has 4 rings (SSSR count). The van der Waals surface area contributed by atoms with E-state index in [4.69, 9.17) is 28.8 Å². The lowest BCUT2D eigenvalue weighted by atomic mass is 9.74. The van der Waals surface area contributed by atoms with Gasteiger partial charge in [0, 0.05) is 43.1 Å². The minimum atomic E-state index is -2.66. The summed E-state index contributed by atoms with van der Waals surface area (Å²) in [5.41, 5.74) is 17.4. The van der Waals surface area contributed by atoms with E-state index in [0.29, 0.717) is 46.7 Å². The molecule has 3 heterocycles. The SMILES string of the molecule is Nc1nc(N2CCC3(CC2)CC(F)(F)CC3N)cnc1Sc1ccnc(N)c1Cl. The van der Waals surface area contributed by atoms with Crippen LogP contribution in [0.1, 0.15) is 25.7 Å². The third-order valence-corrected chi connectivity index (χ3v) is 7.42. The molecule has 2 aromatic heterocycles. The molecular formula is C18H22ClF2N7S. The number of hydrogen-bond donors (Lipinski definition) is 3. The number of anilines is 3. The van der Waals surface area contributed by atoms with Gasteiger partial charge in [0.25, 0.3) is 0 Å². The Morgan fingerprint density at radius 2 is 1.90 bits per heavy atom. The normalized spacial score (nSPS) is 22.9. The predicted octanol–water partition coefficient (Wildman–Crippen LogP) is 3.18. The third kappa shape index (κ3) is 3.93. The van der Waals surface area contributed by atoms with Crippen molar-refractivity contribution in [1.82, 2.24) is 15.0 Å². The van der Waals surface area contributed by atoms with Crippen molar-refractivity contribution in [1.29, 1.82) is 0 Å². The van der Waals surface area contributed by atoms with Crippen molar-refractivity contribution in [3.8, 4) is 0 Å². The van der Waals surface area contributed by atoms with Gasteiger partial charge >= 0.3 is 0 Å². The molecule has 29 heavy (non-hydrogen) atoms. The molecular weight excluding hydrogens is 420 g/mol. The number of alkyl halides is 2. The van der Waals surface area contributed by atoms with Gasteiger partial charge in [-0.25, -0.2) is 23.7 Å². The highest BCUT2D eigenvalue weighted by Crippen LogP contribution is 2.52. The molecule has 1 saturated carbocycles. The molecule has 0 radical (unpaired) electrons. The van der Waals surface area contributed by atoms with E-state index in [9.17, 15) is 8.78 Å². The van der Waals surface area contributed by atoms with Crippen molar-refractivity contribution in [3.05, 3.63) is 23.5 Å². The minimum absolute atomic E-state index is 0.131. The van der Waals surface area contributed by atoms with Gasteiger partial charge in [0.05, 0.1) is 11.2 Å². The molecule has 11 heteroatoms. The predicted molar refractivity (Wildman–Crippen MR) is 110 cm³/mol. The van der Waals surface area contributed by atoms with E-state index < -0.39 is 17.4 Å². The fourth-order valence-electron chi connectivity index (χ4n) is 4.22. The van der Waals surface area contributed by atoms with Gasteiger partial charge < -0.3 is 22.1 Å². The van der Waals surface area contributed by atoms with Crippen LogP contribution in [0.5, 0.6) is 0 Å². The number of aromatic nitrogens is 3. The van der Waals surface area contributed by atoms with Gasteiger partial charge in [0.15, 0.2) is 5.82 Å². The van der Waals surface area contributed by atoms with E-state index in [1.165, 1.54) is 11.8 Å². The summed E-state index contributed by atoms with van der Waals surface area (Å²) in [6, 6.07) is 1.26. The standard InChI is InChI=1S/C18H22ClF2N7S/c19-13-10(1-4-25-14(13)23)29-16-15(24)27-12(8-26-16)28-5-2-17(3-6-28)9-18(20,21)7-11(17)22/h1,4,8,11H,2-3,5-7,9,22H2,(H2,23,25)(H2,24,27). The van der Waals surface area contributed by atoms with Gasteiger partial charge in [-0.1, -0.05) is 23.4 Å². The van der Waals surface area contributed by atoms with E-state index in [2.05, 4.69) is 15.0 Å². The van der Waals surface area contributed by atoms with E-state index in [1.807, 2.05) is 4.90 Å². The Bertz CT molecular complexity index is 921. The molecule has 6 N–H and O–H groups in total. The van der Waals surface area contributed by atoms with Crippen LogP contribution in [0.4, 0.5) is 26.2 Å². The number of pyridine rings is 1. The first-order valence-corrected chi connectivity index (χ1v) is 10.5. The summed E-state index contributed by atoms with van der Waals surface area (Å²) in [4.78, 5) is 15.5. The van der Waals surface area contributed by atoms with Crippen LogP contribution in [0.25, 0.3) is 0 Å². The van der Waals surface area contributed by atoms with E-state index in [0.717, 1.165) is 0 Å². The average Bonchev–Trinajstić information content (AvgIpc) is 2.89. The van der Waals surface area contributed by atoms with Gasteiger partial charge in [-0.3, -0.25) is 0 Å². The number of nitrogens with two attached hydrogens (primary N) is 3. The Balaban J connectivity index is 1.46. The van der Waals surface area contributed by atoms with Gasteiger partial charge in [-0.15, -0.1) is 0 Å². The van der Waals surface area contributed by atoms with Crippen molar-refractivity contribution in [2.24, 2.45) is 11.1 Å². The van der Waals surface area contributed by atoms with Crippen LogP contribution in [-0.2, 0) is 0 Å². The van der Waals surface area contributed by atoms with Crippen LogP contribution < -0.4 is 22.1 Å². The maximum absolute atomic E-state index is 13.8. The summed E-state index contributed by atoms with van der Waals surface area (Å²) in [5, 5.41) is 0.848. The fraction of sp³-hybridized carbons (Fsp3) is 0.500. The Hall–Kier alpha value is -1.91. The monoisotopic (exact) mass is 441 g/mol. The van der Waals surface area contributed by atoms with Crippen LogP contribution in [0, 0.1) is 5.41 Å². The molecule has 1 saturated heterocycles. The van der Waals surface area contributed by atoms with Gasteiger partial charge in [0.2, 0.25) is 5.92 Å². The molecule has 1 aliphatic heterocycles. The molecule has 156 valence electrons. The Labute approximate surface area is 176 Å². The fourth-order valence-corrected chi connectivity index (χ4v) is 5.24. The smallest absolute Gasteiger partial charge is 0.250 e. The molecule has 0 amide bonds. The van der Waals surface area contributed by atoms with Crippen molar-refractivity contribution >= 4 is 40.8 Å². The summed E-state index contributed by atoms with van der Waals surface area (Å²) in [6.07, 6.45) is 4.05. The molecule has 0 aromatic carbocycles. The Morgan fingerprint density at radius 3 is 2.52 bits per heavy atom. The lowest BCUT2D eigenvalue weighted by molar-refractivity contribution is -0.00683. The molecule has 1 unspecified atom stereocenters. The Kier molecular flexibility index (Phi) is 5.20. The molecule has 2 aliphatic rings. The van der Waals surface area contributed by atoms with Gasteiger partial charge in [-0.2, -0.15) is 0 Å². The number of halogens is 3. The Morgan fingerprint density at radius 1 is 1.17 bits per heavy atom. The second-order valence-electron chi connectivity index (χ2n) is 7.72. The van der Waals surface area contributed by atoms with Crippen molar-refractivity contribution in [2.45, 2.75) is 47.6 Å². The largest absolute Gasteiger partial charge is 0.382 e. The first-order chi connectivity index (χ1) is 13.7. The molecule has 1 aliphatic carbocycles. The first-order valence-electron chi connectivity index (χ1n) is 9.28. The summed E-state index contributed by atoms with van der Waals surface area (Å²) in [7, 11) is 0. The summed E-state index contributed by atoms with van der Waals surface area (Å²) >= 11 is 7.43. The summed E-state index contributed by atoms with van der Waals surface area (Å²) in [5.74, 6) is -1.54. The maximum atomic E-state index is 13.8. The molecule has 0 bridgehead atoms. The highest BCUT2D eigenvalue weighted by atomic mass is 35.5. The van der Waals surface area contributed by atoms with Crippen molar-refractivity contribution < 1.29 is 8.78 Å². The lowest BCUT2D eigenvalue weighted by Gasteiger charge is -2.42. The van der Waals surface area contributed by atoms with Crippen LogP contribution in [0.2, 0.25) is 5.02 Å². The third-order valence-electron chi connectivity index (χ3n) is 5.84. The van der Waals surface area contributed by atoms with E-state index >= 15 is 0 Å². The number of hydrogen-bond acceptors (Lipinski definition) is 8. The van der Waals surface area contributed by atoms with E-state index in [-0.39, 0.29) is 24.5 Å². The van der Waals surface area contributed by atoms with E-state index in [1.54, 1.807) is 18.5 Å². The first kappa shape index (κ1) is 20.4. The highest BCUT2D eigenvalue weighted by Gasteiger charge is 2.55. The number of nitrogen functional groups attached to an aromatic ring is 2. The average molecular weight is 442 g/mol. The summed E-state index contributed by atoms with van der Waals surface area (Å²) in [6.45, 7) is 1.19. The molecule has 2 fully saturated rings. The van der Waals surface area contributed by atoms with Crippen LogP contribution in [0.15, 0.2) is 28.4 Å². The van der Waals surface area contributed by atoms with Crippen LogP contribution in [0.3, 0.4) is 0 Å². The second-order valence-corrected chi connectivity index (χ2v) is 9.13.